The van der Waals surface area contributed by atoms with Gasteiger partial charge in [-0.3, -0.25) is 9.69 Å². The molecular weight excluding hydrogens is 469 g/mol. The Morgan fingerprint density at radius 2 is 2.06 bits per heavy atom. The molecule has 1 saturated heterocycles. The predicted octanol–water partition coefficient (Wildman–Crippen LogP) is 3.47. The average Bonchev–Trinajstić information content (AvgIpc) is 3.24. The van der Waals surface area contributed by atoms with Crippen molar-refractivity contribution in [1.29, 1.82) is 0 Å². The number of rotatable bonds is 8. The van der Waals surface area contributed by atoms with Crippen molar-refractivity contribution < 1.29 is 23.3 Å². The fraction of sp³-hybridized carbons (Fsp3) is 0.391. The van der Waals surface area contributed by atoms with Crippen LogP contribution in [0.3, 0.4) is 0 Å². The zero-order valence-corrected chi connectivity index (χ0v) is 20.1. The van der Waals surface area contributed by atoms with Crippen LogP contribution in [0.25, 0.3) is 0 Å². The van der Waals surface area contributed by atoms with Gasteiger partial charge >= 0.3 is 6.09 Å². The molecule has 0 aromatic heterocycles. The highest BCUT2D eigenvalue weighted by atomic mass is 35.5. The predicted molar refractivity (Wildman–Crippen MR) is 125 cm³/mol. The number of benzene rings is 2. The molecule has 1 fully saturated rings. The lowest BCUT2D eigenvalue weighted by Gasteiger charge is -2.17. The highest BCUT2D eigenvalue weighted by Crippen LogP contribution is 2.22. The van der Waals surface area contributed by atoms with Gasteiger partial charge in [-0.05, 0) is 54.9 Å². The number of nitrogens with one attached hydrogen (secondary N) is 2. The van der Waals surface area contributed by atoms with Crippen LogP contribution in [0.5, 0.6) is 0 Å². The van der Waals surface area contributed by atoms with Crippen LogP contribution in [0.1, 0.15) is 34.8 Å². The number of alkyl carbamates (subject to hydrolysis) is 1. The number of likely N-dealkylation sites (tertiary alicyclic amines) is 1. The van der Waals surface area contributed by atoms with E-state index >= 15 is 0 Å². The lowest BCUT2D eigenvalue weighted by Crippen LogP contribution is -2.36. The second kappa shape index (κ2) is 11.7. The minimum absolute atomic E-state index is 0.0380. The van der Waals surface area contributed by atoms with Gasteiger partial charge in [0.1, 0.15) is 11.6 Å². The fourth-order valence-electron chi connectivity index (χ4n) is 3.72. The third-order valence-corrected chi connectivity index (χ3v) is 7.11. The van der Waals surface area contributed by atoms with Crippen LogP contribution < -0.4 is 10.6 Å². The number of methoxy groups -OCH3 is 1. The van der Waals surface area contributed by atoms with Crippen LogP contribution in [0.2, 0.25) is 5.02 Å². The van der Waals surface area contributed by atoms with Crippen molar-refractivity contribution in [2.45, 2.75) is 37.4 Å². The van der Waals surface area contributed by atoms with E-state index in [2.05, 4.69) is 15.4 Å². The maximum absolute atomic E-state index is 14.7. The number of amides is 2. The van der Waals surface area contributed by atoms with Crippen molar-refractivity contribution in [3.05, 3.63) is 63.9 Å². The Morgan fingerprint density at radius 1 is 1.27 bits per heavy atom. The Balaban J connectivity index is 1.59. The number of ether oxygens (including phenoxy) is 1. The molecule has 2 aromatic rings. The summed E-state index contributed by atoms with van der Waals surface area (Å²) in [7, 11) is 1.31. The molecule has 2 amide bonds. The summed E-state index contributed by atoms with van der Waals surface area (Å²) in [6.07, 6.45) is 0.278. The number of carbonyl (C=O) groups is 2. The van der Waals surface area contributed by atoms with Gasteiger partial charge in [0.15, 0.2) is 4.90 Å². The standard InChI is InChI=1S/C23H27ClFN3O4S/c1-3-33(31)21-7-6-18(24)10-17(21)12-26-22(29)15-4-5-16(20(25)11-15)13-28-9-8-19(14-28)27-23(30)32-2/h4-7,10-11,19H,3,8-9,12-14H2,1-2H3,(H,26,29)(H,27,30)/t19-,33?/m1/s1. The number of nitrogens with zero attached hydrogens (tertiary/aromatic N) is 1. The summed E-state index contributed by atoms with van der Waals surface area (Å²) in [5.74, 6) is -0.453. The normalized spacial score (nSPS) is 16.9. The smallest absolute Gasteiger partial charge is 0.407 e. The minimum Gasteiger partial charge on any atom is -0.611 e. The largest absolute Gasteiger partial charge is 0.611 e. The molecule has 0 bridgehead atoms. The number of hydrogen-bond acceptors (Lipinski definition) is 5. The zero-order valence-electron chi connectivity index (χ0n) is 18.5. The monoisotopic (exact) mass is 495 g/mol. The Hall–Kier alpha value is -2.33. The second-order valence-electron chi connectivity index (χ2n) is 7.73. The van der Waals surface area contributed by atoms with Crippen LogP contribution in [0.15, 0.2) is 41.3 Å². The topological polar surface area (TPSA) is 93.7 Å². The molecule has 33 heavy (non-hydrogen) atoms. The van der Waals surface area contributed by atoms with E-state index in [9.17, 15) is 18.5 Å². The molecule has 2 atom stereocenters. The first-order chi connectivity index (χ1) is 15.8. The van der Waals surface area contributed by atoms with Crippen LogP contribution in [-0.4, -0.2) is 53.4 Å². The summed E-state index contributed by atoms with van der Waals surface area (Å²) < 4.78 is 31.6. The van der Waals surface area contributed by atoms with E-state index in [0.717, 1.165) is 13.0 Å². The van der Waals surface area contributed by atoms with Gasteiger partial charge in [0.05, 0.1) is 7.11 Å². The van der Waals surface area contributed by atoms with Gasteiger partial charge in [-0.15, -0.1) is 0 Å². The lowest BCUT2D eigenvalue weighted by atomic mass is 10.1. The first-order valence-corrected chi connectivity index (χ1v) is 12.3. The summed E-state index contributed by atoms with van der Waals surface area (Å²) >= 11 is 4.86. The minimum atomic E-state index is -1.19. The maximum Gasteiger partial charge on any atom is 0.407 e. The van der Waals surface area contributed by atoms with Gasteiger partial charge in [-0.25, -0.2) is 9.18 Å². The molecule has 0 radical (unpaired) electrons. The SMILES string of the molecule is CC[S+]([O-])c1ccc(Cl)cc1CNC(=O)c1ccc(CN2CC[C@@H](NC(=O)OC)C2)c(F)c1. The summed E-state index contributed by atoms with van der Waals surface area (Å²) in [5.41, 5.74) is 1.33. The Labute approximate surface area is 200 Å². The lowest BCUT2D eigenvalue weighted by molar-refractivity contribution is 0.0950. The van der Waals surface area contributed by atoms with Gasteiger partial charge in [-0.1, -0.05) is 17.7 Å². The van der Waals surface area contributed by atoms with E-state index in [0.29, 0.717) is 39.9 Å². The number of halogens is 2. The van der Waals surface area contributed by atoms with Crippen LogP contribution >= 0.6 is 11.6 Å². The van der Waals surface area contributed by atoms with Gasteiger partial charge in [-0.2, -0.15) is 0 Å². The molecule has 1 aliphatic heterocycles. The molecule has 1 unspecified atom stereocenters. The van der Waals surface area contributed by atoms with E-state index in [-0.39, 0.29) is 18.2 Å². The van der Waals surface area contributed by atoms with Gasteiger partial charge in [0.25, 0.3) is 5.91 Å². The molecule has 2 N–H and O–H groups in total. The van der Waals surface area contributed by atoms with Crippen molar-refractivity contribution >= 4 is 34.8 Å². The Morgan fingerprint density at radius 3 is 2.76 bits per heavy atom. The van der Waals surface area contributed by atoms with Crippen molar-refractivity contribution in [3.63, 3.8) is 0 Å². The van der Waals surface area contributed by atoms with E-state index in [4.69, 9.17) is 11.6 Å². The molecule has 7 nitrogen and oxygen atoms in total. The van der Waals surface area contributed by atoms with Gasteiger partial charge in [0, 0.05) is 53.9 Å². The second-order valence-corrected chi connectivity index (χ2v) is 9.88. The third kappa shape index (κ3) is 6.83. The summed E-state index contributed by atoms with van der Waals surface area (Å²) in [5, 5.41) is 5.99. The summed E-state index contributed by atoms with van der Waals surface area (Å²) in [6, 6.07) is 9.39. The molecule has 0 spiro atoms. The molecule has 1 heterocycles. The average molecular weight is 496 g/mol. The van der Waals surface area contributed by atoms with Crippen molar-refractivity contribution in [2.75, 3.05) is 26.0 Å². The van der Waals surface area contributed by atoms with E-state index in [1.807, 2.05) is 11.8 Å². The molecule has 10 heteroatoms. The van der Waals surface area contributed by atoms with Crippen LogP contribution in [-0.2, 0) is 29.0 Å². The first kappa shape index (κ1) is 25.3. The van der Waals surface area contributed by atoms with Crippen molar-refractivity contribution in [2.24, 2.45) is 0 Å². The Bertz CT molecular complexity index is 1010. The number of carbonyl (C=O) groups excluding carboxylic acids is 2. The molecular formula is C23H27ClFN3O4S. The van der Waals surface area contributed by atoms with Crippen LogP contribution in [0.4, 0.5) is 9.18 Å². The first-order valence-electron chi connectivity index (χ1n) is 10.6. The van der Waals surface area contributed by atoms with Crippen LogP contribution in [0, 0.1) is 5.82 Å². The fourth-order valence-corrected chi connectivity index (χ4v) is 4.87. The van der Waals surface area contributed by atoms with Gasteiger partial charge < -0.3 is 19.9 Å². The quantitative estimate of drug-likeness (QED) is 0.547. The highest BCUT2D eigenvalue weighted by Gasteiger charge is 2.25. The molecule has 3 rings (SSSR count). The number of hydrogen-bond donors (Lipinski definition) is 2. The van der Waals surface area contributed by atoms with Crippen molar-refractivity contribution in [3.8, 4) is 0 Å². The van der Waals surface area contributed by atoms with E-state index in [1.54, 1.807) is 30.3 Å². The molecule has 2 aromatic carbocycles. The molecule has 0 saturated carbocycles. The van der Waals surface area contributed by atoms with E-state index in [1.165, 1.54) is 13.2 Å². The van der Waals surface area contributed by atoms with Crippen molar-refractivity contribution in [1.82, 2.24) is 15.5 Å². The molecule has 0 aliphatic carbocycles. The molecule has 1 aliphatic rings. The maximum atomic E-state index is 14.7. The highest BCUT2D eigenvalue weighted by molar-refractivity contribution is 7.91. The van der Waals surface area contributed by atoms with Gasteiger partial charge in [0.2, 0.25) is 0 Å². The third-order valence-electron chi connectivity index (χ3n) is 5.46. The van der Waals surface area contributed by atoms with E-state index < -0.39 is 29.0 Å². The summed E-state index contributed by atoms with van der Waals surface area (Å²) in [6.45, 7) is 3.64. The molecule has 178 valence electrons. The Kier molecular flexibility index (Phi) is 8.96. The summed E-state index contributed by atoms with van der Waals surface area (Å²) in [4.78, 5) is 26.6. The zero-order chi connectivity index (χ0) is 24.0.